The minimum absolute atomic E-state index is 0.809. The number of nitrogens with zero attached hydrogens (tertiary/aromatic N) is 3. The average Bonchev–Trinajstić information content (AvgIpc) is 2.87. The lowest BCUT2D eigenvalue weighted by Crippen LogP contribution is -2.35. The number of rotatable bonds is 1. The molecular weight excluding hydrogens is 286 g/mol. The lowest BCUT2D eigenvalue weighted by Gasteiger charge is -2.29. The molecule has 0 N–H and O–H groups in total. The number of hydrogen-bond donors (Lipinski definition) is 0. The van der Waals surface area contributed by atoms with Gasteiger partial charge in [0, 0.05) is 29.8 Å². The Morgan fingerprint density at radius 3 is 2.61 bits per heavy atom. The first kappa shape index (κ1) is 12.5. The molecule has 0 radical (unpaired) electrons. The van der Waals surface area contributed by atoms with Crippen LogP contribution in [0, 0.1) is 0 Å². The van der Waals surface area contributed by atoms with Gasteiger partial charge in [-0.2, -0.15) is 5.10 Å². The molecule has 0 bridgehead atoms. The van der Waals surface area contributed by atoms with E-state index in [0.717, 1.165) is 39.6 Å². The van der Waals surface area contributed by atoms with Crippen LogP contribution in [0.2, 0.25) is 4.34 Å². The number of piperidine rings is 1. The van der Waals surface area contributed by atoms with Crippen LogP contribution in [0.5, 0.6) is 0 Å². The average molecular weight is 300 g/mol. The topological polar surface area (TPSA) is 28.0 Å². The second-order valence-corrected chi connectivity index (χ2v) is 6.89. The normalized spacial score (nSPS) is 20.6. The van der Waals surface area contributed by atoms with Crippen LogP contribution in [0.3, 0.4) is 0 Å². The summed E-state index contributed by atoms with van der Waals surface area (Å²) in [5, 5.41) is 11.9. The van der Waals surface area contributed by atoms with Crippen molar-refractivity contribution < 1.29 is 0 Å². The molecule has 1 fully saturated rings. The van der Waals surface area contributed by atoms with Crippen LogP contribution in [-0.2, 0) is 0 Å². The highest BCUT2D eigenvalue weighted by atomic mass is 35.5. The minimum Gasteiger partial charge on any atom is -0.350 e. The van der Waals surface area contributed by atoms with Crippen LogP contribution >= 0.6 is 34.7 Å². The Bertz CT molecular complexity index is 489. The van der Waals surface area contributed by atoms with Gasteiger partial charge in [0.15, 0.2) is 5.17 Å². The third-order valence-corrected chi connectivity index (χ3v) is 5.23. The summed E-state index contributed by atoms with van der Waals surface area (Å²) in [6, 6.07) is 1.97. The maximum Gasteiger partial charge on any atom is 0.186 e. The Morgan fingerprint density at radius 1 is 1.17 bits per heavy atom. The van der Waals surface area contributed by atoms with Crippen LogP contribution in [-0.4, -0.2) is 34.6 Å². The van der Waals surface area contributed by atoms with E-state index in [0.29, 0.717) is 0 Å². The smallest absolute Gasteiger partial charge is 0.186 e. The van der Waals surface area contributed by atoms with E-state index in [1.165, 1.54) is 19.3 Å². The number of thiophene rings is 1. The van der Waals surface area contributed by atoms with E-state index >= 15 is 0 Å². The summed E-state index contributed by atoms with van der Waals surface area (Å²) >= 11 is 9.27. The summed E-state index contributed by atoms with van der Waals surface area (Å²) in [7, 11) is 0. The monoisotopic (exact) mass is 299 g/mol. The number of amidine groups is 1. The summed E-state index contributed by atoms with van der Waals surface area (Å²) in [6.45, 7) is 2.25. The summed E-state index contributed by atoms with van der Waals surface area (Å²) < 4.78 is 0.809. The number of halogens is 1. The minimum atomic E-state index is 0.809. The molecule has 6 heteroatoms. The maximum atomic E-state index is 5.94. The van der Waals surface area contributed by atoms with Crippen molar-refractivity contribution in [2.24, 2.45) is 10.2 Å². The molecule has 3 heterocycles. The van der Waals surface area contributed by atoms with Crippen molar-refractivity contribution in [1.29, 1.82) is 0 Å². The summed E-state index contributed by atoms with van der Waals surface area (Å²) in [4.78, 5) is 2.36. The van der Waals surface area contributed by atoms with Crippen LogP contribution in [0.25, 0.3) is 0 Å². The highest BCUT2D eigenvalue weighted by molar-refractivity contribution is 8.14. The first-order valence-corrected chi connectivity index (χ1v) is 8.34. The van der Waals surface area contributed by atoms with Crippen molar-refractivity contribution in [2.75, 3.05) is 18.8 Å². The van der Waals surface area contributed by atoms with Crippen LogP contribution in [0.1, 0.15) is 24.8 Å². The first-order valence-electron chi connectivity index (χ1n) is 6.09. The van der Waals surface area contributed by atoms with Crippen molar-refractivity contribution in [3.8, 4) is 0 Å². The van der Waals surface area contributed by atoms with Crippen molar-refractivity contribution in [1.82, 2.24) is 4.90 Å². The molecule has 0 saturated carbocycles. The molecule has 3 nitrogen and oxygen atoms in total. The largest absolute Gasteiger partial charge is 0.350 e. The Balaban J connectivity index is 1.74. The predicted molar refractivity (Wildman–Crippen MR) is 81.2 cm³/mol. The molecule has 0 aliphatic carbocycles. The summed E-state index contributed by atoms with van der Waals surface area (Å²) in [5.41, 5.74) is 2.14. The highest BCUT2D eigenvalue weighted by Gasteiger charge is 2.20. The van der Waals surface area contributed by atoms with E-state index < -0.39 is 0 Å². The molecule has 18 heavy (non-hydrogen) atoms. The second kappa shape index (κ2) is 5.63. The molecule has 0 amide bonds. The molecule has 2 aliphatic heterocycles. The standard InChI is InChI=1S/C12H14ClN3S2/c13-11-6-9(7-17-11)10-8-18-12(15-14-10)16-4-2-1-3-5-16/h6-7H,1-5,8H2. The molecule has 2 aliphatic rings. The third-order valence-electron chi connectivity index (χ3n) is 3.12. The van der Waals surface area contributed by atoms with Gasteiger partial charge >= 0.3 is 0 Å². The summed E-state index contributed by atoms with van der Waals surface area (Å²) in [6.07, 6.45) is 3.89. The molecule has 3 rings (SSSR count). The van der Waals surface area contributed by atoms with Crippen LogP contribution in [0.15, 0.2) is 21.6 Å². The van der Waals surface area contributed by atoms with Gasteiger partial charge in [-0.15, -0.1) is 16.4 Å². The van der Waals surface area contributed by atoms with E-state index in [1.54, 1.807) is 23.1 Å². The number of likely N-dealkylation sites (tertiary alicyclic amines) is 1. The Hall–Kier alpha value is -0.520. The Kier molecular flexibility index (Phi) is 3.91. The van der Waals surface area contributed by atoms with Gasteiger partial charge in [-0.05, 0) is 25.3 Å². The molecule has 1 aromatic rings. The number of thioether (sulfide) groups is 1. The fraction of sp³-hybridized carbons (Fsp3) is 0.500. The first-order chi connectivity index (χ1) is 8.83. The molecule has 0 unspecified atom stereocenters. The molecular formula is C12H14ClN3S2. The van der Waals surface area contributed by atoms with Crippen LogP contribution in [0.4, 0.5) is 0 Å². The van der Waals surface area contributed by atoms with Gasteiger partial charge in [-0.1, -0.05) is 23.4 Å². The van der Waals surface area contributed by atoms with Gasteiger partial charge in [-0.3, -0.25) is 0 Å². The zero-order valence-electron chi connectivity index (χ0n) is 9.93. The van der Waals surface area contributed by atoms with E-state index in [2.05, 4.69) is 15.1 Å². The third kappa shape index (κ3) is 2.73. The van der Waals surface area contributed by atoms with Crippen molar-refractivity contribution in [2.45, 2.75) is 19.3 Å². The maximum absolute atomic E-state index is 5.94. The lowest BCUT2D eigenvalue weighted by molar-refractivity contribution is 0.347. The fourth-order valence-electron chi connectivity index (χ4n) is 2.14. The van der Waals surface area contributed by atoms with Crippen LogP contribution < -0.4 is 0 Å². The van der Waals surface area contributed by atoms with Crippen molar-refractivity contribution in [3.05, 3.63) is 21.3 Å². The fourth-order valence-corrected chi connectivity index (χ4v) is 3.98. The number of hydrogen-bond acceptors (Lipinski definition) is 5. The van der Waals surface area contributed by atoms with Gasteiger partial charge in [0.1, 0.15) is 0 Å². The van der Waals surface area contributed by atoms with E-state index in [-0.39, 0.29) is 0 Å². The van der Waals surface area contributed by atoms with Crippen molar-refractivity contribution >= 4 is 45.6 Å². The molecule has 1 aromatic heterocycles. The molecule has 1 saturated heterocycles. The van der Waals surface area contributed by atoms with Gasteiger partial charge in [-0.25, -0.2) is 0 Å². The van der Waals surface area contributed by atoms with Crippen molar-refractivity contribution in [3.63, 3.8) is 0 Å². The Morgan fingerprint density at radius 2 is 2.00 bits per heavy atom. The van der Waals surface area contributed by atoms with Gasteiger partial charge < -0.3 is 4.90 Å². The molecule has 0 atom stereocenters. The second-order valence-electron chi connectivity index (χ2n) is 4.41. The quantitative estimate of drug-likeness (QED) is 0.791. The van der Waals surface area contributed by atoms with Gasteiger partial charge in [0.05, 0.1) is 10.0 Å². The molecule has 0 aromatic carbocycles. The zero-order valence-corrected chi connectivity index (χ0v) is 12.3. The van der Waals surface area contributed by atoms with Gasteiger partial charge in [0.25, 0.3) is 0 Å². The zero-order chi connectivity index (χ0) is 12.4. The highest BCUT2D eigenvalue weighted by Crippen LogP contribution is 2.25. The lowest BCUT2D eigenvalue weighted by atomic mass is 10.1. The predicted octanol–water partition coefficient (Wildman–Crippen LogP) is 3.69. The van der Waals surface area contributed by atoms with E-state index in [9.17, 15) is 0 Å². The molecule has 96 valence electrons. The van der Waals surface area contributed by atoms with E-state index in [1.807, 2.05) is 11.4 Å². The Labute approximate surface area is 120 Å². The molecule has 0 spiro atoms. The van der Waals surface area contributed by atoms with E-state index in [4.69, 9.17) is 11.6 Å². The van der Waals surface area contributed by atoms with Gasteiger partial charge in [0.2, 0.25) is 0 Å². The SMILES string of the molecule is Clc1cc(C2=NN=C(N3CCCCC3)SC2)cs1. The summed E-state index contributed by atoms with van der Waals surface area (Å²) in [5.74, 6) is 0.891.